The van der Waals surface area contributed by atoms with E-state index in [4.69, 9.17) is 5.73 Å². The Kier molecular flexibility index (Phi) is 5.65. The number of anilines is 1. The van der Waals surface area contributed by atoms with Crippen LogP contribution in [0.25, 0.3) is 0 Å². The number of aromatic nitrogens is 1. The molecule has 1 rings (SSSR count). The highest BCUT2D eigenvalue weighted by Crippen LogP contribution is 2.17. The van der Waals surface area contributed by atoms with Gasteiger partial charge in [0.25, 0.3) is 0 Å². The van der Waals surface area contributed by atoms with E-state index in [-0.39, 0.29) is 0 Å². The van der Waals surface area contributed by atoms with Gasteiger partial charge in [0.05, 0.1) is 5.69 Å². The average molecular weight is 227 g/mol. The normalized spacial score (nSPS) is 12.7. The molecule has 0 aliphatic rings. The van der Waals surface area contributed by atoms with Gasteiger partial charge in [-0.3, -0.25) is 0 Å². The first-order valence-corrected chi connectivity index (χ1v) is 6.56. The second kappa shape index (κ2) is 6.80. The van der Waals surface area contributed by atoms with Crippen molar-refractivity contribution in [2.75, 3.05) is 18.4 Å². The molecule has 1 heterocycles. The summed E-state index contributed by atoms with van der Waals surface area (Å²) in [7, 11) is 0. The SMILES string of the molecule is CCc1csc(NCC(CC)CCN)n1. The zero-order valence-electron chi connectivity index (χ0n) is 9.62. The summed E-state index contributed by atoms with van der Waals surface area (Å²) in [6.45, 7) is 6.10. The minimum Gasteiger partial charge on any atom is -0.361 e. The average Bonchev–Trinajstić information content (AvgIpc) is 2.72. The second-order valence-electron chi connectivity index (χ2n) is 3.73. The van der Waals surface area contributed by atoms with Crippen molar-refractivity contribution >= 4 is 16.5 Å². The van der Waals surface area contributed by atoms with Crippen LogP contribution in [0.15, 0.2) is 5.38 Å². The molecule has 0 amide bonds. The summed E-state index contributed by atoms with van der Waals surface area (Å²) in [5.41, 5.74) is 6.73. The van der Waals surface area contributed by atoms with Crippen molar-refractivity contribution in [3.63, 3.8) is 0 Å². The van der Waals surface area contributed by atoms with Gasteiger partial charge in [-0.15, -0.1) is 11.3 Å². The maximum atomic E-state index is 5.56. The molecule has 0 bridgehead atoms. The van der Waals surface area contributed by atoms with Gasteiger partial charge in [-0.05, 0) is 25.3 Å². The van der Waals surface area contributed by atoms with E-state index < -0.39 is 0 Å². The standard InChI is InChI=1S/C11H21N3S/c1-3-9(5-6-12)7-13-11-14-10(4-2)8-15-11/h8-9H,3-7,12H2,1-2H3,(H,13,14). The molecule has 3 N–H and O–H groups in total. The van der Waals surface area contributed by atoms with Crippen LogP contribution in [0.4, 0.5) is 5.13 Å². The first-order chi connectivity index (χ1) is 7.30. The molecule has 1 aromatic rings. The molecule has 0 saturated heterocycles. The minimum absolute atomic E-state index is 0.670. The number of hydrogen-bond donors (Lipinski definition) is 2. The lowest BCUT2D eigenvalue weighted by molar-refractivity contribution is 0.501. The number of aryl methyl sites for hydroxylation is 1. The third-order valence-corrected chi connectivity index (χ3v) is 3.46. The van der Waals surface area contributed by atoms with E-state index in [1.807, 2.05) is 0 Å². The monoisotopic (exact) mass is 227 g/mol. The molecule has 0 aromatic carbocycles. The van der Waals surface area contributed by atoms with Crippen LogP contribution in [0.1, 0.15) is 32.4 Å². The van der Waals surface area contributed by atoms with E-state index in [9.17, 15) is 0 Å². The molecule has 1 unspecified atom stereocenters. The lowest BCUT2D eigenvalue weighted by Crippen LogP contribution is -2.17. The van der Waals surface area contributed by atoms with Crippen molar-refractivity contribution < 1.29 is 0 Å². The van der Waals surface area contributed by atoms with E-state index in [2.05, 4.69) is 29.5 Å². The van der Waals surface area contributed by atoms with Crippen LogP contribution in [-0.2, 0) is 6.42 Å². The van der Waals surface area contributed by atoms with Crippen molar-refractivity contribution in [2.45, 2.75) is 33.1 Å². The zero-order valence-corrected chi connectivity index (χ0v) is 10.4. The smallest absolute Gasteiger partial charge is 0.182 e. The molecule has 0 fully saturated rings. The fourth-order valence-corrected chi connectivity index (χ4v) is 2.27. The Bertz CT molecular complexity index is 273. The van der Waals surface area contributed by atoms with Gasteiger partial charge in [-0.2, -0.15) is 0 Å². The van der Waals surface area contributed by atoms with Gasteiger partial charge in [0.1, 0.15) is 0 Å². The molecule has 0 aliphatic heterocycles. The highest BCUT2D eigenvalue weighted by atomic mass is 32.1. The number of nitrogens with one attached hydrogen (secondary N) is 1. The molecule has 0 radical (unpaired) electrons. The highest BCUT2D eigenvalue weighted by Gasteiger charge is 2.06. The van der Waals surface area contributed by atoms with E-state index in [1.54, 1.807) is 11.3 Å². The quantitative estimate of drug-likeness (QED) is 0.752. The minimum atomic E-state index is 0.670. The van der Waals surface area contributed by atoms with Crippen molar-refractivity contribution in [3.05, 3.63) is 11.1 Å². The van der Waals surface area contributed by atoms with Gasteiger partial charge in [-0.25, -0.2) is 4.98 Å². The van der Waals surface area contributed by atoms with E-state index in [1.165, 1.54) is 12.1 Å². The van der Waals surface area contributed by atoms with Crippen LogP contribution in [0.2, 0.25) is 0 Å². The van der Waals surface area contributed by atoms with E-state index in [0.29, 0.717) is 5.92 Å². The Labute approximate surface area is 96.1 Å². The predicted octanol–water partition coefficient (Wildman–Crippen LogP) is 2.49. The summed E-state index contributed by atoms with van der Waals surface area (Å²) in [6, 6.07) is 0. The Morgan fingerprint density at radius 1 is 1.53 bits per heavy atom. The van der Waals surface area contributed by atoms with Crippen molar-refractivity contribution in [2.24, 2.45) is 11.7 Å². The molecule has 1 atom stereocenters. The molecule has 15 heavy (non-hydrogen) atoms. The van der Waals surface area contributed by atoms with Crippen LogP contribution < -0.4 is 11.1 Å². The summed E-state index contributed by atoms with van der Waals surface area (Å²) in [6.07, 6.45) is 3.28. The largest absolute Gasteiger partial charge is 0.361 e. The molecular weight excluding hydrogens is 206 g/mol. The summed E-state index contributed by atoms with van der Waals surface area (Å²) in [5.74, 6) is 0.670. The van der Waals surface area contributed by atoms with Gasteiger partial charge >= 0.3 is 0 Å². The van der Waals surface area contributed by atoms with E-state index in [0.717, 1.165) is 31.1 Å². The fraction of sp³-hybridized carbons (Fsp3) is 0.727. The topological polar surface area (TPSA) is 50.9 Å². The Morgan fingerprint density at radius 2 is 2.33 bits per heavy atom. The molecule has 3 nitrogen and oxygen atoms in total. The molecule has 0 saturated carbocycles. The number of nitrogens with zero attached hydrogens (tertiary/aromatic N) is 1. The second-order valence-corrected chi connectivity index (χ2v) is 4.59. The van der Waals surface area contributed by atoms with Gasteiger partial charge in [0.15, 0.2) is 5.13 Å². The lowest BCUT2D eigenvalue weighted by atomic mass is 10.0. The Hall–Kier alpha value is -0.610. The van der Waals surface area contributed by atoms with E-state index >= 15 is 0 Å². The molecule has 0 spiro atoms. The number of hydrogen-bond acceptors (Lipinski definition) is 4. The zero-order chi connectivity index (χ0) is 11.1. The van der Waals surface area contributed by atoms with Gasteiger partial charge in [0.2, 0.25) is 0 Å². The van der Waals surface area contributed by atoms with Crippen LogP contribution >= 0.6 is 11.3 Å². The Balaban J connectivity index is 2.34. The maximum absolute atomic E-state index is 5.56. The van der Waals surface area contributed by atoms with Gasteiger partial charge in [-0.1, -0.05) is 20.3 Å². The summed E-state index contributed by atoms with van der Waals surface area (Å²) >= 11 is 1.69. The van der Waals surface area contributed by atoms with Gasteiger partial charge in [0, 0.05) is 11.9 Å². The third kappa shape index (κ3) is 4.18. The van der Waals surface area contributed by atoms with Crippen molar-refractivity contribution in [1.29, 1.82) is 0 Å². The van der Waals surface area contributed by atoms with Gasteiger partial charge < -0.3 is 11.1 Å². The molecule has 0 aliphatic carbocycles. The summed E-state index contributed by atoms with van der Waals surface area (Å²) < 4.78 is 0. The predicted molar refractivity (Wildman–Crippen MR) is 67.4 cm³/mol. The van der Waals surface area contributed by atoms with Crippen LogP contribution in [0.3, 0.4) is 0 Å². The lowest BCUT2D eigenvalue weighted by Gasteiger charge is -2.13. The number of thiazole rings is 1. The summed E-state index contributed by atoms with van der Waals surface area (Å²) in [4.78, 5) is 4.47. The summed E-state index contributed by atoms with van der Waals surface area (Å²) in [5, 5.41) is 6.55. The third-order valence-electron chi connectivity index (χ3n) is 2.61. The number of nitrogens with two attached hydrogens (primary N) is 1. The van der Waals surface area contributed by atoms with Crippen LogP contribution in [0, 0.1) is 5.92 Å². The fourth-order valence-electron chi connectivity index (χ4n) is 1.47. The van der Waals surface area contributed by atoms with Crippen LogP contribution in [-0.4, -0.2) is 18.1 Å². The van der Waals surface area contributed by atoms with Crippen molar-refractivity contribution in [3.8, 4) is 0 Å². The first-order valence-electron chi connectivity index (χ1n) is 5.68. The molecule has 86 valence electrons. The molecule has 1 aromatic heterocycles. The first kappa shape index (κ1) is 12.5. The Morgan fingerprint density at radius 3 is 2.87 bits per heavy atom. The maximum Gasteiger partial charge on any atom is 0.182 e. The molecular formula is C11H21N3S. The molecule has 4 heteroatoms. The van der Waals surface area contributed by atoms with Crippen molar-refractivity contribution in [1.82, 2.24) is 4.98 Å². The number of rotatable bonds is 7. The van der Waals surface area contributed by atoms with Crippen LogP contribution in [0.5, 0.6) is 0 Å². The highest BCUT2D eigenvalue weighted by molar-refractivity contribution is 7.13.